The summed E-state index contributed by atoms with van der Waals surface area (Å²) in [6.45, 7) is 1.05. The molecule has 8 nitrogen and oxygen atoms in total. The molecule has 4 rings (SSSR count). The lowest BCUT2D eigenvalue weighted by atomic mass is 10.0. The normalized spacial score (nSPS) is 20.5. The van der Waals surface area contributed by atoms with Gasteiger partial charge in [-0.3, -0.25) is 9.69 Å². The van der Waals surface area contributed by atoms with Crippen LogP contribution >= 0.6 is 0 Å². The quantitative estimate of drug-likeness (QED) is 0.753. The van der Waals surface area contributed by atoms with Gasteiger partial charge in [0.2, 0.25) is 0 Å². The van der Waals surface area contributed by atoms with Crippen LogP contribution in [0.5, 0.6) is 0 Å². The number of ether oxygens (including phenoxy) is 2. The van der Waals surface area contributed by atoms with Crippen LogP contribution in [-0.4, -0.2) is 71.2 Å². The summed E-state index contributed by atoms with van der Waals surface area (Å²) in [7, 11) is 3.23. The Hall–Kier alpha value is -3.03. The molecule has 0 bridgehead atoms. The summed E-state index contributed by atoms with van der Waals surface area (Å²) in [5.74, 6) is -0.483. The number of piperidine rings is 1. The first-order valence-electron chi connectivity index (χ1n) is 9.37. The number of esters is 1. The molecule has 148 valence electrons. The zero-order chi connectivity index (χ0) is 19.8. The van der Waals surface area contributed by atoms with E-state index in [0.717, 1.165) is 10.9 Å². The Kier molecular flexibility index (Phi) is 4.70. The highest BCUT2D eigenvalue weighted by atomic mass is 16.6. The maximum atomic E-state index is 13.1. The zero-order valence-electron chi connectivity index (χ0n) is 16.0. The van der Waals surface area contributed by atoms with Gasteiger partial charge in [0.1, 0.15) is 6.61 Å². The summed E-state index contributed by atoms with van der Waals surface area (Å²) in [5.41, 5.74) is 1.70. The van der Waals surface area contributed by atoms with E-state index in [1.165, 1.54) is 12.0 Å². The molecule has 2 aliphatic rings. The Morgan fingerprint density at radius 2 is 1.89 bits per heavy atom. The van der Waals surface area contributed by atoms with E-state index in [4.69, 9.17) is 9.47 Å². The van der Waals surface area contributed by atoms with Gasteiger partial charge in [-0.15, -0.1) is 0 Å². The van der Waals surface area contributed by atoms with Gasteiger partial charge in [-0.2, -0.15) is 0 Å². The van der Waals surface area contributed by atoms with E-state index < -0.39 is 18.1 Å². The van der Waals surface area contributed by atoms with Crippen molar-refractivity contribution in [1.29, 1.82) is 0 Å². The highest BCUT2D eigenvalue weighted by molar-refractivity contribution is 6.07. The molecule has 0 N–H and O–H groups in total. The Labute approximate surface area is 162 Å². The number of benzene rings is 1. The first-order valence-corrected chi connectivity index (χ1v) is 9.37. The van der Waals surface area contributed by atoms with Gasteiger partial charge in [0.05, 0.1) is 12.7 Å². The molecule has 1 aromatic carbocycles. The zero-order valence-corrected chi connectivity index (χ0v) is 16.0. The van der Waals surface area contributed by atoms with Crippen LogP contribution in [0.1, 0.15) is 23.2 Å². The number of carbonyl (C=O) groups is 3. The first kappa shape index (κ1) is 18.3. The fourth-order valence-electron chi connectivity index (χ4n) is 4.18. The Balaban J connectivity index is 1.47. The van der Waals surface area contributed by atoms with Gasteiger partial charge in [0.15, 0.2) is 6.04 Å². The summed E-state index contributed by atoms with van der Waals surface area (Å²) in [6, 6.07) is 6.98. The molecule has 2 saturated heterocycles. The monoisotopic (exact) mass is 385 g/mol. The van der Waals surface area contributed by atoms with Crippen LogP contribution in [0.2, 0.25) is 0 Å². The van der Waals surface area contributed by atoms with Gasteiger partial charge in [-0.05, 0) is 18.9 Å². The molecule has 3 heterocycles. The van der Waals surface area contributed by atoms with Crippen molar-refractivity contribution in [3.05, 3.63) is 36.0 Å². The number of fused-ring (bicyclic) bond motifs is 1. The number of rotatable bonds is 3. The molecule has 2 aliphatic heterocycles. The second-order valence-corrected chi connectivity index (χ2v) is 7.22. The van der Waals surface area contributed by atoms with Gasteiger partial charge in [-0.1, -0.05) is 18.2 Å². The van der Waals surface area contributed by atoms with Crippen LogP contribution in [0.3, 0.4) is 0 Å². The van der Waals surface area contributed by atoms with E-state index >= 15 is 0 Å². The summed E-state index contributed by atoms with van der Waals surface area (Å²) < 4.78 is 11.8. The van der Waals surface area contributed by atoms with Gasteiger partial charge in [-0.25, -0.2) is 9.59 Å². The lowest BCUT2D eigenvalue weighted by Crippen LogP contribution is -2.51. The number of likely N-dealkylation sites (tertiary alicyclic amines) is 1. The number of nitrogens with zero attached hydrogens (tertiary/aromatic N) is 3. The van der Waals surface area contributed by atoms with Crippen LogP contribution in [0.4, 0.5) is 4.79 Å². The molecule has 0 aliphatic carbocycles. The third-order valence-corrected chi connectivity index (χ3v) is 5.66. The Morgan fingerprint density at radius 3 is 2.61 bits per heavy atom. The van der Waals surface area contributed by atoms with E-state index in [9.17, 15) is 14.4 Å². The third-order valence-electron chi connectivity index (χ3n) is 5.66. The summed E-state index contributed by atoms with van der Waals surface area (Å²) in [5, 5.41) is 0.936. The fraction of sp³-hybridized carbons (Fsp3) is 0.450. The molecular formula is C20H23N3O5. The van der Waals surface area contributed by atoms with Gasteiger partial charge >= 0.3 is 12.1 Å². The Bertz CT molecular complexity index is 929. The molecule has 1 unspecified atom stereocenters. The van der Waals surface area contributed by atoms with Crippen LogP contribution in [0, 0.1) is 0 Å². The van der Waals surface area contributed by atoms with Crippen molar-refractivity contribution in [2.24, 2.45) is 7.05 Å². The minimum absolute atomic E-state index is 0.0104. The largest absolute Gasteiger partial charge is 0.467 e. The standard InChI is InChI=1S/C20H23N3O5/c1-21-11-15(14-5-3-4-6-16(14)21)18(24)22-9-7-13(8-10-22)23-17(19(25)27-2)12-28-20(23)26/h3-6,11,13,17H,7-10,12H2,1-2H3. The summed E-state index contributed by atoms with van der Waals surface area (Å²) >= 11 is 0. The van der Waals surface area contributed by atoms with E-state index in [0.29, 0.717) is 31.5 Å². The number of para-hydroxylation sites is 1. The minimum Gasteiger partial charge on any atom is -0.467 e. The lowest BCUT2D eigenvalue weighted by molar-refractivity contribution is -0.145. The number of amides is 2. The molecule has 2 fully saturated rings. The molecule has 0 saturated carbocycles. The van der Waals surface area contributed by atoms with Gasteiger partial charge in [0, 0.05) is 43.3 Å². The molecule has 2 aromatic rings. The van der Waals surface area contributed by atoms with E-state index in [1.807, 2.05) is 47.0 Å². The second kappa shape index (κ2) is 7.18. The number of methoxy groups -OCH3 is 1. The predicted molar refractivity (Wildman–Crippen MR) is 101 cm³/mol. The van der Waals surface area contributed by atoms with Crippen molar-refractivity contribution in [3.63, 3.8) is 0 Å². The smallest absolute Gasteiger partial charge is 0.410 e. The third kappa shape index (κ3) is 2.98. The van der Waals surface area contributed by atoms with Crippen molar-refractivity contribution in [3.8, 4) is 0 Å². The molecule has 0 spiro atoms. The van der Waals surface area contributed by atoms with Crippen molar-refractivity contribution >= 4 is 28.9 Å². The number of aryl methyl sites for hydroxylation is 1. The first-order chi connectivity index (χ1) is 13.5. The van der Waals surface area contributed by atoms with Crippen molar-refractivity contribution in [2.45, 2.75) is 24.9 Å². The number of hydrogen-bond donors (Lipinski definition) is 0. The Morgan fingerprint density at radius 1 is 1.18 bits per heavy atom. The molecule has 1 aromatic heterocycles. The van der Waals surface area contributed by atoms with Gasteiger partial charge in [0.25, 0.3) is 5.91 Å². The van der Waals surface area contributed by atoms with E-state index in [2.05, 4.69) is 0 Å². The number of carbonyl (C=O) groups excluding carboxylic acids is 3. The predicted octanol–water partition coefficient (Wildman–Crippen LogP) is 1.78. The topological polar surface area (TPSA) is 81.1 Å². The van der Waals surface area contributed by atoms with Crippen LogP contribution in [0.15, 0.2) is 30.5 Å². The highest BCUT2D eigenvalue weighted by Gasteiger charge is 2.44. The second-order valence-electron chi connectivity index (χ2n) is 7.22. The fourth-order valence-corrected chi connectivity index (χ4v) is 4.18. The number of hydrogen-bond acceptors (Lipinski definition) is 5. The van der Waals surface area contributed by atoms with Crippen LogP contribution in [0.25, 0.3) is 10.9 Å². The molecular weight excluding hydrogens is 362 g/mol. The van der Waals surface area contributed by atoms with Crippen LogP contribution in [-0.2, 0) is 21.3 Å². The van der Waals surface area contributed by atoms with Crippen molar-refractivity contribution < 1.29 is 23.9 Å². The lowest BCUT2D eigenvalue weighted by Gasteiger charge is -2.37. The molecule has 1 atom stereocenters. The SMILES string of the molecule is COC(=O)C1COC(=O)N1C1CCN(C(=O)c2cn(C)c3ccccc23)CC1. The molecule has 8 heteroatoms. The van der Waals surface area contributed by atoms with E-state index in [1.54, 1.807) is 0 Å². The average Bonchev–Trinajstić information content (AvgIpc) is 3.27. The van der Waals surface area contributed by atoms with Crippen LogP contribution < -0.4 is 0 Å². The number of cyclic esters (lactones) is 1. The van der Waals surface area contributed by atoms with Crippen molar-refractivity contribution in [1.82, 2.24) is 14.4 Å². The molecule has 2 amide bonds. The minimum atomic E-state index is -0.706. The number of aromatic nitrogens is 1. The summed E-state index contributed by atoms with van der Waals surface area (Å²) in [6.07, 6.45) is 2.57. The highest BCUT2D eigenvalue weighted by Crippen LogP contribution is 2.27. The average molecular weight is 385 g/mol. The maximum absolute atomic E-state index is 13.1. The maximum Gasteiger partial charge on any atom is 0.410 e. The van der Waals surface area contributed by atoms with Gasteiger partial charge < -0.3 is 18.9 Å². The molecule has 28 heavy (non-hydrogen) atoms. The van der Waals surface area contributed by atoms with E-state index in [-0.39, 0.29) is 18.6 Å². The van der Waals surface area contributed by atoms with Crippen molar-refractivity contribution in [2.75, 3.05) is 26.8 Å². The summed E-state index contributed by atoms with van der Waals surface area (Å²) in [4.78, 5) is 40.4. The molecule has 0 radical (unpaired) electrons.